The first-order valence-corrected chi connectivity index (χ1v) is 9.38. The average molecular weight is 340 g/mol. The summed E-state index contributed by atoms with van der Waals surface area (Å²) in [6.45, 7) is 4.86. The number of carbonyl (C=O) groups is 1. The molecule has 1 heterocycles. The number of nitrogens with zero attached hydrogens (tertiary/aromatic N) is 2. The second kappa shape index (κ2) is 7.85. The Bertz CT molecular complexity index is 748. The summed E-state index contributed by atoms with van der Waals surface area (Å²) in [5.74, 6) is 2.17. The number of imidazole rings is 1. The molecule has 1 aliphatic carbocycles. The molecule has 0 aliphatic heterocycles. The molecule has 134 valence electrons. The molecule has 3 rings (SSSR count). The van der Waals surface area contributed by atoms with Crippen molar-refractivity contribution in [2.75, 3.05) is 7.11 Å². The van der Waals surface area contributed by atoms with Crippen molar-refractivity contribution in [3.05, 3.63) is 47.0 Å². The quantitative estimate of drug-likeness (QED) is 0.708. The van der Waals surface area contributed by atoms with E-state index in [9.17, 15) is 4.79 Å². The van der Waals surface area contributed by atoms with E-state index in [2.05, 4.69) is 16.5 Å². The van der Waals surface area contributed by atoms with Crippen LogP contribution in [0.3, 0.4) is 0 Å². The highest BCUT2D eigenvalue weighted by atomic mass is 16.5. The molecule has 0 radical (unpaired) electrons. The first-order valence-electron chi connectivity index (χ1n) is 9.38. The number of methoxy groups -OCH3 is 1. The second-order valence-electron chi connectivity index (χ2n) is 6.99. The Kier molecular flexibility index (Phi) is 5.57. The normalized spacial score (nSPS) is 14.8. The first-order chi connectivity index (χ1) is 12.2. The van der Waals surface area contributed by atoms with Crippen molar-refractivity contribution in [2.45, 2.75) is 58.9 Å². The SMILES string of the molecule is CCCc1nccn1CC(C)C(=O)c1ccc(OC)c2c1CCCC2. The molecule has 0 N–H and O–H groups in total. The molecular formula is C21H28N2O2. The van der Waals surface area contributed by atoms with Crippen molar-refractivity contribution in [2.24, 2.45) is 5.92 Å². The molecule has 1 atom stereocenters. The molecule has 4 nitrogen and oxygen atoms in total. The van der Waals surface area contributed by atoms with E-state index in [0.29, 0.717) is 6.54 Å². The molecule has 0 amide bonds. The number of hydrogen-bond acceptors (Lipinski definition) is 3. The number of ether oxygens (including phenoxy) is 1. The van der Waals surface area contributed by atoms with Crippen LogP contribution in [-0.2, 0) is 25.8 Å². The summed E-state index contributed by atoms with van der Waals surface area (Å²) in [4.78, 5) is 17.6. The minimum atomic E-state index is -0.0655. The van der Waals surface area contributed by atoms with Gasteiger partial charge >= 0.3 is 0 Å². The van der Waals surface area contributed by atoms with Gasteiger partial charge in [0.15, 0.2) is 5.78 Å². The minimum absolute atomic E-state index is 0.0655. The maximum Gasteiger partial charge on any atom is 0.167 e. The molecule has 0 spiro atoms. The van der Waals surface area contributed by atoms with Gasteiger partial charge in [-0.3, -0.25) is 4.79 Å². The lowest BCUT2D eigenvalue weighted by molar-refractivity contribution is 0.0916. The molecule has 1 unspecified atom stereocenters. The van der Waals surface area contributed by atoms with Crippen molar-refractivity contribution in [3.8, 4) is 5.75 Å². The van der Waals surface area contributed by atoms with Crippen LogP contribution in [0.2, 0.25) is 0 Å². The van der Waals surface area contributed by atoms with Gasteiger partial charge in [-0.1, -0.05) is 13.8 Å². The zero-order valence-electron chi connectivity index (χ0n) is 15.5. The lowest BCUT2D eigenvalue weighted by Gasteiger charge is -2.23. The Morgan fingerprint density at radius 2 is 2.04 bits per heavy atom. The van der Waals surface area contributed by atoms with Crippen LogP contribution >= 0.6 is 0 Å². The first kappa shape index (κ1) is 17.7. The van der Waals surface area contributed by atoms with E-state index < -0.39 is 0 Å². The number of benzene rings is 1. The monoisotopic (exact) mass is 340 g/mol. The van der Waals surface area contributed by atoms with Gasteiger partial charge in [-0.15, -0.1) is 0 Å². The number of aryl methyl sites for hydroxylation is 1. The van der Waals surface area contributed by atoms with Gasteiger partial charge in [0.25, 0.3) is 0 Å². The zero-order valence-corrected chi connectivity index (χ0v) is 15.5. The topological polar surface area (TPSA) is 44.1 Å². The summed E-state index contributed by atoms with van der Waals surface area (Å²) < 4.78 is 7.64. The summed E-state index contributed by atoms with van der Waals surface area (Å²) in [6, 6.07) is 3.92. The smallest absolute Gasteiger partial charge is 0.167 e. The lowest BCUT2D eigenvalue weighted by atomic mass is 9.84. The van der Waals surface area contributed by atoms with Gasteiger partial charge in [-0.2, -0.15) is 0 Å². The van der Waals surface area contributed by atoms with E-state index >= 15 is 0 Å². The summed E-state index contributed by atoms with van der Waals surface area (Å²) >= 11 is 0. The van der Waals surface area contributed by atoms with Gasteiger partial charge in [-0.05, 0) is 55.4 Å². The molecule has 0 fully saturated rings. The summed E-state index contributed by atoms with van der Waals surface area (Å²) in [6.07, 6.45) is 10.1. The molecule has 0 bridgehead atoms. The number of aromatic nitrogens is 2. The fourth-order valence-corrected chi connectivity index (χ4v) is 3.86. The highest BCUT2D eigenvalue weighted by Crippen LogP contribution is 2.33. The van der Waals surface area contributed by atoms with Gasteiger partial charge < -0.3 is 9.30 Å². The Morgan fingerprint density at radius 3 is 2.76 bits per heavy atom. The lowest BCUT2D eigenvalue weighted by Crippen LogP contribution is -2.21. The van der Waals surface area contributed by atoms with Gasteiger partial charge in [0.1, 0.15) is 11.6 Å². The number of rotatable bonds is 7. The van der Waals surface area contributed by atoms with Crippen LogP contribution < -0.4 is 4.74 Å². The molecule has 0 saturated carbocycles. The number of hydrogen-bond donors (Lipinski definition) is 0. The third-order valence-corrected chi connectivity index (χ3v) is 5.17. The van der Waals surface area contributed by atoms with Crippen LogP contribution in [0.1, 0.15) is 60.4 Å². The van der Waals surface area contributed by atoms with Crippen molar-refractivity contribution < 1.29 is 9.53 Å². The number of fused-ring (bicyclic) bond motifs is 1. The fraction of sp³-hybridized carbons (Fsp3) is 0.524. The molecule has 2 aromatic rings. The summed E-state index contributed by atoms with van der Waals surface area (Å²) in [5, 5.41) is 0. The molecular weight excluding hydrogens is 312 g/mol. The maximum atomic E-state index is 13.1. The fourth-order valence-electron chi connectivity index (χ4n) is 3.86. The van der Waals surface area contributed by atoms with E-state index in [1.807, 2.05) is 31.5 Å². The molecule has 25 heavy (non-hydrogen) atoms. The standard InChI is InChI=1S/C21H28N2O2/c1-4-7-20-22-12-13-23(20)14-15(2)21(24)18-10-11-19(25-3)17-9-6-5-8-16(17)18/h10-13,15H,4-9,14H2,1-3H3. The Labute approximate surface area is 150 Å². The Hall–Kier alpha value is -2.10. The summed E-state index contributed by atoms with van der Waals surface area (Å²) in [7, 11) is 1.71. The Morgan fingerprint density at radius 1 is 1.28 bits per heavy atom. The third-order valence-electron chi connectivity index (χ3n) is 5.17. The van der Waals surface area contributed by atoms with E-state index in [1.165, 1.54) is 17.5 Å². The van der Waals surface area contributed by atoms with Gasteiger partial charge in [0.05, 0.1) is 7.11 Å². The third kappa shape index (κ3) is 3.63. The van der Waals surface area contributed by atoms with Crippen LogP contribution in [0.25, 0.3) is 0 Å². The van der Waals surface area contributed by atoms with E-state index in [0.717, 1.165) is 49.2 Å². The van der Waals surface area contributed by atoms with Crippen LogP contribution in [-0.4, -0.2) is 22.4 Å². The van der Waals surface area contributed by atoms with Crippen LogP contribution in [0, 0.1) is 5.92 Å². The van der Waals surface area contributed by atoms with Crippen molar-refractivity contribution in [1.82, 2.24) is 9.55 Å². The maximum absolute atomic E-state index is 13.1. The number of carbonyl (C=O) groups excluding carboxylic acids is 1. The highest BCUT2D eigenvalue weighted by molar-refractivity contribution is 5.99. The predicted octanol–water partition coefficient (Wildman–Crippen LogP) is 4.24. The largest absolute Gasteiger partial charge is 0.496 e. The van der Waals surface area contributed by atoms with Crippen molar-refractivity contribution >= 4 is 5.78 Å². The van der Waals surface area contributed by atoms with Crippen LogP contribution in [0.15, 0.2) is 24.5 Å². The van der Waals surface area contributed by atoms with E-state index in [1.54, 1.807) is 7.11 Å². The van der Waals surface area contributed by atoms with Crippen molar-refractivity contribution in [1.29, 1.82) is 0 Å². The highest BCUT2D eigenvalue weighted by Gasteiger charge is 2.24. The van der Waals surface area contributed by atoms with Gasteiger partial charge in [-0.25, -0.2) is 4.98 Å². The molecule has 1 aromatic carbocycles. The molecule has 1 aromatic heterocycles. The molecule has 1 aliphatic rings. The molecule has 0 saturated heterocycles. The number of ketones is 1. The second-order valence-corrected chi connectivity index (χ2v) is 6.99. The average Bonchev–Trinajstić information content (AvgIpc) is 3.07. The van der Waals surface area contributed by atoms with Crippen LogP contribution in [0.5, 0.6) is 5.75 Å². The van der Waals surface area contributed by atoms with Gasteiger partial charge in [0.2, 0.25) is 0 Å². The van der Waals surface area contributed by atoms with Crippen LogP contribution in [0.4, 0.5) is 0 Å². The zero-order chi connectivity index (χ0) is 17.8. The Balaban J connectivity index is 1.84. The number of Topliss-reactive ketones (excluding diaryl/α,β-unsaturated/α-hetero) is 1. The summed E-state index contributed by atoms with van der Waals surface area (Å²) in [5.41, 5.74) is 3.34. The van der Waals surface area contributed by atoms with Crippen molar-refractivity contribution in [3.63, 3.8) is 0 Å². The van der Waals surface area contributed by atoms with E-state index in [4.69, 9.17) is 4.74 Å². The predicted molar refractivity (Wildman–Crippen MR) is 99.4 cm³/mol. The molecule has 4 heteroatoms. The van der Waals surface area contributed by atoms with Gasteiger partial charge in [0, 0.05) is 36.8 Å². The minimum Gasteiger partial charge on any atom is -0.496 e. The van der Waals surface area contributed by atoms with E-state index in [-0.39, 0.29) is 11.7 Å².